The van der Waals surface area contributed by atoms with Crippen LogP contribution in [0.5, 0.6) is 5.75 Å². The Labute approximate surface area is 154 Å². The number of nitrogens with one attached hydrogen (secondary N) is 2. The molecule has 0 unspecified atom stereocenters. The lowest BCUT2D eigenvalue weighted by Gasteiger charge is -2.11. The molecule has 0 bridgehead atoms. The first-order valence-electron chi connectivity index (χ1n) is 8.30. The van der Waals surface area contributed by atoms with Crippen molar-refractivity contribution < 1.29 is 15.0 Å². The molecule has 0 spiro atoms. The number of carboxylic acid groups (broad SMARTS) is 1. The average molecular weight is 360 g/mol. The van der Waals surface area contributed by atoms with E-state index in [0.717, 1.165) is 16.6 Å². The molecule has 3 heterocycles. The van der Waals surface area contributed by atoms with Crippen LogP contribution in [0, 0.1) is 0 Å². The summed E-state index contributed by atoms with van der Waals surface area (Å²) in [5, 5.41) is 23.5. The Morgan fingerprint density at radius 3 is 2.74 bits per heavy atom. The van der Waals surface area contributed by atoms with Gasteiger partial charge in [0.15, 0.2) is 0 Å². The van der Waals surface area contributed by atoms with E-state index in [0.29, 0.717) is 23.6 Å². The van der Waals surface area contributed by atoms with E-state index in [9.17, 15) is 9.90 Å². The fourth-order valence-electron chi connectivity index (χ4n) is 2.93. The van der Waals surface area contributed by atoms with Crippen molar-refractivity contribution in [3.63, 3.8) is 0 Å². The molecular formula is C20H16N4O3. The first-order valence-corrected chi connectivity index (χ1v) is 8.30. The zero-order valence-corrected chi connectivity index (χ0v) is 14.2. The van der Waals surface area contributed by atoms with Gasteiger partial charge in [-0.05, 0) is 42.5 Å². The summed E-state index contributed by atoms with van der Waals surface area (Å²) in [5.74, 6) is -0.567. The van der Waals surface area contributed by atoms with E-state index in [4.69, 9.17) is 5.11 Å². The molecule has 0 atom stereocenters. The molecule has 4 rings (SSSR count). The number of aromatic amines is 1. The van der Waals surface area contributed by atoms with Crippen LogP contribution < -0.4 is 5.32 Å². The summed E-state index contributed by atoms with van der Waals surface area (Å²) in [6.07, 6.45) is 3.50. The number of anilines is 1. The summed E-state index contributed by atoms with van der Waals surface area (Å²) in [5.41, 5.74) is 2.86. The van der Waals surface area contributed by atoms with Crippen molar-refractivity contribution >= 4 is 22.8 Å². The molecule has 27 heavy (non-hydrogen) atoms. The van der Waals surface area contributed by atoms with Gasteiger partial charge < -0.3 is 20.5 Å². The second kappa shape index (κ2) is 6.80. The Kier molecular flexibility index (Phi) is 4.18. The molecule has 134 valence electrons. The number of H-pyrrole nitrogens is 1. The molecule has 4 aromatic rings. The van der Waals surface area contributed by atoms with Gasteiger partial charge in [0.25, 0.3) is 0 Å². The maximum atomic E-state index is 11.1. The first kappa shape index (κ1) is 16.6. The number of rotatable bonds is 5. The van der Waals surface area contributed by atoms with Gasteiger partial charge >= 0.3 is 5.97 Å². The van der Waals surface area contributed by atoms with E-state index >= 15 is 0 Å². The molecule has 0 radical (unpaired) electrons. The van der Waals surface area contributed by atoms with Crippen molar-refractivity contribution in [2.24, 2.45) is 0 Å². The SMILES string of the molecule is O=C(O)c1ccc(-c2cc(NCc3ccccn3)nc3[nH]ccc23)c(O)c1. The fourth-order valence-corrected chi connectivity index (χ4v) is 2.93. The lowest BCUT2D eigenvalue weighted by molar-refractivity contribution is 0.0696. The minimum absolute atomic E-state index is 0.0316. The summed E-state index contributed by atoms with van der Waals surface area (Å²) in [6, 6.07) is 13.7. The number of carbonyl (C=O) groups is 1. The fraction of sp³-hybridized carbons (Fsp3) is 0.0500. The van der Waals surface area contributed by atoms with Crippen LogP contribution in [-0.4, -0.2) is 31.1 Å². The van der Waals surface area contributed by atoms with Crippen LogP contribution in [0.1, 0.15) is 16.1 Å². The lowest BCUT2D eigenvalue weighted by atomic mass is 10.0. The number of carboxylic acids is 1. The topological polar surface area (TPSA) is 111 Å². The third kappa shape index (κ3) is 3.30. The van der Waals surface area contributed by atoms with E-state index in [1.54, 1.807) is 18.5 Å². The summed E-state index contributed by atoms with van der Waals surface area (Å²) in [7, 11) is 0. The molecule has 0 saturated heterocycles. The summed E-state index contributed by atoms with van der Waals surface area (Å²) < 4.78 is 0. The highest BCUT2D eigenvalue weighted by Gasteiger charge is 2.14. The number of pyridine rings is 2. The number of aromatic hydroxyl groups is 1. The van der Waals surface area contributed by atoms with Gasteiger partial charge in [-0.3, -0.25) is 4.98 Å². The molecule has 0 aliphatic heterocycles. The number of aromatic carboxylic acids is 1. The van der Waals surface area contributed by atoms with Gasteiger partial charge in [0.2, 0.25) is 0 Å². The molecule has 3 aromatic heterocycles. The smallest absolute Gasteiger partial charge is 0.335 e. The Morgan fingerprint density at radius 1 is 1.11 bits per heavy atom. The Hall–Kier alpha value is -3.87. The number of phenolic OH excluding ortho intramolecular Hbond substituents is 1. The van der Waals surface area contributed by atoms with Crippen LogP contribution in [0.25, 0.3) is 22.2 Å². The number of hydrogen-bond acceptors (Lipinski definition) is 5. The van der Waals surface area contributed by atoms with Crippen LogP contribution in [0.2, 0.25) is 0 Å². The molecule has 0 fully saturated rings. The number of benzene rings is 1. The molecular weight excluding hydrogens is 344 g/mol. The molecule has 7 heteroatoms. The van der Waals surface area contributed by atoms with E-state index in [2.05, 4.69) is 20.3 Å². The maximum absolute atomic E-state index is 11.1. The largest absolute Gasteiger partial charge is 0.507 e. The predicted octanol–water partition coefficient (Wildman–Crippen LogP) is 3.64. The van der Waals surface area contributed by atoms with Crippen molar-refractivity contribution in [1.29, 1.82) is 0 Å². The van der Waals surface area contributed by atoms with Gasteiger partial charge in [0, 0.05) is 28.9 Å². The average Bonchev–Trinajstić information content (AvgIpc) is 3.15. The standard InChI is InChI=1S/C20H16N4O3/c25-17-9-12(20(26)27)4-5-14(17)16-10-18(24-19-15(16)6-8-22-19)23-11-13-3-1-2-7-21-13/h1-10,25H,11H2,(H,26,27)(H2,22,23,24). The second-order valence-corrected chi connectivity index (χ2v) is 6.01. The van der Waals surface area contributed by atoms with Crippen LogP contribution in [0.3, 0.4) is 0 Å². The van der Waals surface area contributed by atoms with Gasteiger partial charge in [-0.1, -0.05) is 6.07 Å². The number of phenols is 1. The van der Waals surface area contributed by atoms with E-state index < -0.39 is 5.97 Å². The number of fused-ring (bicyclic) bond motifs is 1. The van der Waals surface area contributed by atoms with E-state index in [1.807, 2.05) is 30.3 Å². The third-order valence-corrected chi connectivity index (χ3v) is 4.24. The Morgan fingerprint density at radius 2 is 2.00 bits per heavy atom. The zero-order chi connectivity index (χ0) is 18.8. The Balaban J connectivity index is 1.74. The monoisotopic (exact) mass is 360 g/mol. The van der Waals surface area contributed by atoms with Crippen molar-refractivity contribution in [1.82, 2.24) is 15.0 Å². The predicted molar refractivity (Wildman–Crippen MR) is 102 cm³/mol. The lowest BCUT2D eigenvalue weighted by Crippen LogP contribution is -2.03. The van der Waals surface area contributed by atoms with Crippen molar-refractivity contribution in [3.8, 4) is 16.9 Å². The van der Waals surface area contributed by atoms with Crippen LogP contribution >= 0.6 is 0 Å². The number of hydrogen-bond donors (Lipinski definition) is 4. The number of nitrogens with zero attached hydrogens (tertiary/aromatic N) is 2. The highest BCUT2D eigenvalue weighted by molar-refractivity contribution is 5.97. The molecule has 0 aliphatic rings. The molecule has 1 aromatic carbocycles. The van der Waals surface area contributed by atoms with Gasteiger partial charge in [0.1, 0.15) is 17.2 Å². The van der Waals surface area contributed by atoms with Crippen molar-refractivity contribution in [3.05, 3.63) is 72.2 Å². The number of aromatic nitrogens is 3. The van der Waals surface area contributed by atoms with Gasteiger partial charge in [0.05, 0.1) is 17.8 Å². The Bertz CT molecular complexity index is 1120. The normalized spacial score (nSPS) is 10.8. The molecule has 0 amide bonds. The van der Waals surface area contributed by atoms with Crippen molar-refractivity contribution in [2.75, 3.05) is 5.32 Å². The zero-order valence-electron chi connectivity index (χ0n) is 14.2. The van der Waals surface area contributed by atoms with Crippen molar-refractivity contribution in [2.45, 2.75) is 6.54 Å². The van der Waals surface area contributed by atoms with E-state index in [-0.39, 0.29) is 11.3 Å². The second-order valence-electron chi connectivity index (χ2n) is 6.01. The minimum Gasteiger partial charge on any atom is -0.507 e. The summed E-state index contributed by atoms with van der Waals surface area (Å²) >= 11 is 0. The van der Waals surface area contributed by atoms with Gasteiger partial charge in [-0.2, -0.15) is 0 Å². The van der Waals surface area contributed by atoms with Gasteiger partial charge in [-0.15, -0.1) is 0 Å². The minimum atomic E-state index is -1.09. The summed E-state index contributed by atoms with van der Waals surface area (Å²) in [6.45, 7) is 0.503. The quantitative estimate of drug-likeness (QED) is 0.432. The van der Waals surface area contributed by atoms with Crippen LogP contribution in [-0.2, 0) is 6.54 Å². The molecule has 4 N–H and O–H groups in total. The van der Waals surface area contributed by atoms with Crippen LogP contribution in [0.4, 0.5) is 5.82 Å². The van der Waals surface area contributed by atoms with Gasteiger partial charge in [-0.25, -0.2) is 9.78 Å². The third-order valence-electron chi connectivity index (χ3n) is 4.24. The highest BCUT2D eigenvalue weighted by Crippen LogP contribution is 2.36. The summed E-state index contributed by atoms with van der Waals surface area (Å²) in [4.78, 5) is 23.0. The molecule has 0 saturated carbocycles. The van der Waals surface area contributed by atoms with Crippen LogP contribution in [0.15, 0.2) is 60.9 Å². The molecule has 7 nitrogen and oxygen atoms in total. The maximum Gasteiger partial charge on any atom is 0.335 e. The highest BCUT2D eigenvalue weighted by atomic mass is 16.4. The molecule has 0 aliphatic carbocycles. The van der Waals surface area contributed by atoms with E-state index in [1.165, 1.54) is 12.1 Å². The first-order chi connectivity index (χ1) is 13.1.